The Bertz CT molecular complexity index is 505. The van der Waals surface area contributed by atoms with Crippen LogP contribution in [0.25, 0.3) is 0 Å². The van der Waals surface area contributed by atoms with Crippen LogP contribution < -0.4 is 5.32 Å². The molecule has 0 aliphatic heterocycles. The van der Waals surface area contributed by atoms with Gasteiger partial charge in [-0.1, -0.05) is 36.5 Å². The molecule has 1 aliphatic carbocycles. The molecule has 1 aromatic carbocycles. The number of hydrogen-bond acceptors (Lipinski definition) is 2. The lowest BCUT2D eigenvalue weighted by atomic mass is 9.87. The summed E-state index contributed by atoms with van der Waals surface area (Å²) < 4.78 is 0. The molecule has 0 heterocycles. The normalized spacial score (nSPS) is 19.4. The molecule has 0 aromatic heterocycles. The van der Waals surface area contributed by atoms with Gasteiger partial charge in [-0.2, -0.15) is 0 Å². The predicted octanol–water partition coefficient (Wildman–Crippen LogP) is 3.69. The second-order valence-corrected chi connectivity index (χ2v) is 6.15. The van der Waals surface area contributed by atoms with Crippen LogP contribution in [-0.2, 0) is 17.6 Å². The monoisotopic (exact) mass is 315 g/mol. The first-order valence-electron chi connectivity index (χ1n) is 6.97. The Morgan fingerprint density at radius 1 is 1.50 bits per heavy atom. The van der Waals surface area contributed by atoms with Crippen molar-refractivity contribution >= 4 is 29.2 Å². The number of rotatable bonds is 5. The molecule has 0 saturated carbocycles. The lowest BCUT2D eigenvalue weighted by Gasteiger charge is -2.29. The van der Waals surface area contributed by atoms with Crippen LogP contribution in [0.2, 0.25) is 10.0 Å². The van der Waals surface area contributed by atoms with Crippen LogP contribution in [0.1, 0.15) is 37.3 Å². The summed E-state index contributed by atoms with van der Waals surface area (Å²) in [5.74, 6) is -0.778. The molecule has 20 heavy (non-hydrogen) atoms. The van der Waals surface area contributed by atoms with Crippen molar-refractivity contribution in [2.75, 3.05) is 0 Å². The van der Waals surface area contributed by atoms with E-state index in [-0.39, 0.29) is 6.04 Å². The maximum atomic E-state index is 11.2. The van der Waals surface area contributed by atoms with Gasteiger partial charge < -0.3 is 10.4 Å². The number of halogens is 2. The standard InChI is InChI=1S/C15H19Cl2NO2/c1-2-3-14(15(19)20)18-11-5-4-9-6-10(16)7-13(17)12(9)8-11/h6-7,11,14,18H,2-5,8H2,1H3,(H,19,20)/t11-,14?/m0/s1. The van der Waals surface area contributed by atoms with Crippen molar-refractivity contribution in [2.24, 2.45) is 0 Å². The van der Waals surface area contributed by atoms with Gasteiger partial charge in [0.05, 0.1) is 0 Å². The first-order chi connectivity index (χ1) is 9.51. The van der Waals surface area contributed by atoms with Gasteiger partial charge >= 0.3 is 5.97 Å². The van der Waals surface area contributed by atoms with Crippen molar-refractivity contribution < 1.29 is 9.90 Å². The molecular formula is C15H19Cl2NO2. The molecule has 0 spiro atoms. The van der Waals surface area contributed by atoms with Crippen LogP contribution >= 0.6 is 23.2 Å². The molecule has 2 atom stereocenters. The van der Waals surface area contributed by atoms with Crippen molar-refractivity contribution in [3.8, 4) is 0 Å². The van der Waals surface area contributed by atoms with Gasteiger partial charge in [0.2, 0.25) is 0 Å². The summed E-state index contributed by atoms with van der Waals surface area (Å²) in [6, 6.07) is 3.40. The summed E-state index contributed by atoms with van der Waals surface area (Å²) in [7, 11) is 0. The van der Waals surface area contributed by atoms with Crippen LogP contribution in [0.5, 0.6) is 0 Å². The van der Waals surface area contributed by atoms with Crippen molar-refractivity contribution in [1.82, 2.24) is 5.32 Å². The van der Waals surface area contributed by atoms with Gasteiger partial charge in [0, 0.05) is 16.1 Å². The largest absolute Gasteiger partial charge is 0.480 e. The van der Waals surface area contributed by atoms with Crippen LogP contribution in [0.3, 0.4) is 0 Å². The molecule has 1 aliphatic rings. The zero-order valence-electron chi connectivity index (χ0n) is 11.5. The van der Waals surface area contributed by atoms with E-state index in [1.807, 2.05) is 13.0 Å². The molecule has 0 amide bonds. The van der Waals surface area contributed by atoms with E-state index in [4.69, 9.17) is 23.2 Å². The number of aliphatic carboxylic acids is 1. The molecule has 2 rings (SSSR count). The molecule has 3 nitrogen and oxygen atoms in total. The van der Waals surface area contributed by atoms with Crippen molar-refractivity contribution in [3.63, 3.8) is 0 Å². The van der Waals surface area contributed by atoms with E-state index in [0.717, 1.165) is 31.2 Å². The number of nitrogens with one attached hydrogen (secondary N) is 1. The minimum atomic E-state index is -0.778. The number of carbonyl (C=O) groups is 1. The third-order valence-corrected chi connectivity index (χ3v) is 4.33. The van der Waals surface area contributed by atoms with Gasteiger partial charge in [-0.3, -0.25) is 4.79 Å². The second kappa shape index (κ2) is 6.79. The second-order valence-electron chi connectivity index (χ2n) is 5.31. The first-order valence-corrected chi connectivity index (χ1v) is 7.72. The van der Waals surface area contributed by atoms with Crippen LogP contribution in [-0.4, -0.2) is 23.2 Å². The molecule has 0 bridgehead atoms. The third kappa shape index (κ3) is 3.66. The van der Waals surface area contributed by atoms with Crippen molar-refractivity contribution in [1.29, 1.82) is 0 Å². The number of hydrogen-bond donors (Lipinski definition) is 2. The number of carboxylic acids is 1. The SMILES string of the molecule is CCCC(N[C@H]1CCc2cc(Cl)cc(Cl)c2C1)C(=O)O. The van der Waals surface area contributed by atoms with Gasteiger partial charge in [-0.15, -0.1) is 0 Å². The highest BCUT2D eigenvalue weighted by molar-refractivity contribution is 6.35. The van der Waals surface area contributed by atoms with Crippen LogP contribution in [0.4, 0.5) is 0 Å². The van der Waals surface area contributed by atoms with E-state index in [0.29, 0.717) is 16.5 Å². The minimum absolute atomic E-state index is 0.161. The number of benzene rings is 1. The third-order valence-electron chi connectivity index (χ3n) is 3.78. The fraction of sp³-hybridized carbons (Fsp3) is 0.533. The molecule has 1 unspecified atom stereocenters. The van der Waals surface area contributed by atoms with Crippen molar-refractivity contribution in [3.05, 3.63) is 33.3 Å². The zero-order valence-corrected chi connectivity index (χ0v) is 13.0. The molecule has 1 aromatic rings. The first kappa shape index (κ1) is 15.6. The molecule has 0 radical (unpaired) electrons. The van der Waals surface area contributed by atoms with E-state index < -0.39 is 12.0 Å². The summed E-state index contributed by atoms with van der Waals surface area (Å²) >= 11 is 12.3. The average molecular weight is 316 g/mol. The van der Waals surface area contributed by atoms with Gasteiger partial charge in [0.1, 0.15) is 6.04 Å². The Morgan fingerprint density at radius 3 is 2.90 bits per heavy atom. The summed E-state index contributed by atoms with van der Waals surface area (Å²) in [6.45, 7) is 1.99. The highest BCUT2D eigenvalue weighted by Gasteiger charge is 2.25. The summed E-state index contributed by atoms with van der Waals surface area (Å²) in [4.78, 5) is 11.2. The average Bonchev–Trinajstić information content (AvgIpc) is 2.38. The number of aryl methyl sites for hydroxylation is 1. The highest BCUT2D eigenvalue weighted by atomic mass is 35.5. The number of fused-ring (bicyclic) bond motifs is 1. The summed E-state index contributed by atoms with van der Waals surface area (Å²) in [6.07, 6.45) is 4.05. The van der Waals surface area contributed by atoms with Crippen LogP contribution in [0, 0.1) is 0 Å². The molecule has 5 heteroatoms. The maximum Gasteiger partial charge on any atom is 0.320 e. The Kier molecular flexibility index (Phi) is 5.30. The van der Waals surface area contributed by atoms with Gasteiger partial charge in [0.25, 0.3) is 0 Å². The topological polar surface area (TPSA) is 49.3 Å². The predicted molar refractivity (Wildman–Crippen MR) is 81.7 cm³/mol. The van der Waals surface area contributed by atoms with E-state index in [9.17, 15) is 9.90 Å². The Labute approximate surface area is 129 Å². The maximum absolute atomic E-state index is 11.2. The van der Waals surface area contributed by atoms with Gasteiger partial charge in [0.15, 0.2) is 0 Å². The fourth-order valence-electron chi connectivity index (χ4n) is 2.78. The molecule has 0 saturated heterocycles. The van der Waals surface area contributed by atoms with E-state index in [2.05, 4.69) is 5.32 Å². The lowest BCUT2D eigenvalue weighted by molar-refractivity contribution is -0.139. The Morgan fingerprint density at radius 2 is 2.25 bits per heavy atom. The summed E-state index contributed by atoms with van der Waals surface area (Å²) in [5.41, 5.74) is 2.28. The Hall–Kier alpha value is -0.770. The van der Waals surface area contributed by atoms with Gasteiger partial charge in [-0.25, -0.2) is 0 Å². The number of carboxylic acid groups (broad SMARTS) is 1. The smallest absolute Gasteiger partial charge is 0.320 e. The molecule has 0 fully saturated rings. The fourth-order valence-corrected chi connectivity index (χ4v) is 3.39. The van der Waals surface area contributed by atoms with Crippen LogP contribution in [0.15, 0.2) is 12.1 Å². The lowest BCUT2D eigenvalue weighted by Crippen LogP contribution is -2.45. The molecule has 2 N–H and O–H groups in total. The highest BCUT2D eigenvalue weighted by Crippen LogP contribution is 2.31. The van der Waals surface area contributed by atoms with E-state index >= 15 is 0 Å². The van der Waals surface area contributed by atoms with Crippen molar-refractivity contribution in [2.45, 2.75) is 51.1 Å². The molecule has 110 valence electrons. The van der Waals surface area contributed by atoms with E-state index in [1.165, 1.54) is 5.56 Å². The molecular weight excluding hydrogens is 297 g/mol. The minimum Gasteiger partial charge on any atom is -0.480 e. The van der Waals surface area contributed by atoms with Gasteiger partial charge in [-0.05, 0) is 48.9 Å². The Balaban J connectivity index is 2.09. The summed E-state index contributed by atoms with van der Waals surface area (Å²) in [5, 5.41) is 13.8. The quantitative estimate of drug-likeness (QED) is 0.871. The van der Waals surface area contributed by atoms with E-state index in [1.54, 1.807) is 6.07 Å². The zero-order chi connectivity index (χ0) is 14.7.